The van der Waals surface area contributed by atoms with Crippen LogP contribution in [-0.2, 0) is 23.0 Å². The molecule has 1 aliphatic heterocycles. The topological polar surface area (TPSA) is 78.1 Å². The van der Waals surface area contributed by atoms with Gasteiger partial charge in [0.05, 0.1) is 35.4 Å². The van der Waals surface area contributed by atoms with Crippen molar-refractivity contribution in [2.24, 2.45) is 13.0 Å². The first-order chi connectivity index (χ1) is 18.6. The molecule has 194 valence electrons. The summed E-state index contributed by atoms with van der Waals surface area (Å²) in [7, 11) is 1.95. The molecule has 0 N–H and O–H groups in total. The summed E-state index contributed by atoms with van der Waals surface area (Å²) in [5.41, 5.74) is 6.24. The number of aryl methyl sites for hydroxylation is 2. The van der Waals surface area contributed by atoms with Crippen molar-refractivity contribution in [3.8, 4) is 16.9 Å². The van der Waals surface area contributed by atoms with E-state index >= 15 is 0 Å². The molecule has 0 amide bonds. The van der Waals surface area contributed by atoms with Gasteiger partial charge in [0.15, 0.2) is 0 Å². The second-order valence-corrected chi connectivity index (χ2v) is 9.86. The van der Waals surface area contributed by atoms with Crippen molar-refractivity contribution in [1.29, 1.82) is 0 Å². The molecule has 8 nitrogen and oxygen atoms in total. The molecule has 4 heterocycles. The number of pyridine rings is 1. The maximum absolute atomic E-state index is 12.1. The number of hydrogen-bond donors (Lipinski definition) is 0. The van der Waals surface area contributed by atoms with Gasteiger partial charge in [0.2, 0.25) is 0 Å². The van der Waals surface area contributed by atoms with Crippen LogP contribution in [0.5, 0.6) is 0 Å². The molecule has 0 unspecified atom stereocenters. The third-order valence-corrected chi connectivity index (χ3v) is 7.50. The summed E-state index contributed by atoms with van der Waals surface area (Å²) in [4.78, 5) is 19.2. The predicted octanol–water partition coefficient (Wildman–Crippen LogP) is 5.32. The maximum atomic E-state index is 12.1. The summed E-state index contributed by atoms with van der Waals surface area (Å²) in [6.45, 7) is 6.05. The number of rotatable bonds is 6. The Bertz CT molecular complexity index is 1610. The second kappa shape index (κ2) is 9.93. The molecule has 3 aromatic heterocycles. The molecule has 8 heteroatoms. The van der Waals surface area contributed by atoms with Gasteiger partial charge in [0.1, 0.15) is 11.5 Å². The van der Waals surface area contributed by atoms with Crippen molar-refractivity contribution in [3.05, 3.63) is 66.5 Å². The number of aromatic nitrogens is 5. The monoisotopic (exact) mass is 508 g/mol. The number of nitrogens with zero attached hydrogens (tertiary/aromatic N) is 6. The fraction of sp³-hybridized carbons (Fsp3) is 0.333. The van der Waals surface area contributed by atoms with E-state index in [0.29, 0.717) is 6.61 Å². The van der Waals surface area contributed by atoms with Crippen LogP contribution in [0.3, 0.4) is 0 Å². The molecule has 0 aliphatic carbocycles. The van der Waals surface area contributed by atoms with Gasteiger partial charge in [0, 0.05) is 42.7 Å². The van der Waals surface area contributed by atoms with Gasteiger partial charge in [-0.1, -0.05) is 37.3 Å². The molecular formula is C30H32N6O2. The van der Waals surface area contributed by atoms with Gasteiger partial charge >= 0.3 is 5.97 Å². The van der Waals surface area contributed by atoms with Crippen LogP contribution >= 0.6 is 0 Å². The summed E-state index contributed by atoms with van der Waals surface area (Å²) in [6.07, 6.45) is 6.44. The number of hydrogen-bond acceptors (Lipinski definition) is 6. The zero-order valence-corrected chi connectivity index (χ0v) is 22.1. The Morgan fingerprint density at radius 3 is 2.55 bits per heavy atom. The van der Waals surface area contributed by atoms with Crippen LogP contribution < -0.4 is 4.90 Å². The third-order valence-electron chi connectivity index (χ3n) is 7.50. The molecule has 0 atom stereocenters. The quantitative estimate of drug-likeness (QED) is 0.289. The fourth-order valence-corrected chi connectivity index (χ4v) is 5.57. The van der Waals surface area contributed by atoms with E-state index in [-0.39, 0.29) is 11.9 Å². The van der Waals surface area contributed by atoms with Crippen molar-refractivity contribution in [1.82, 2.24) is 24.5 Å². The number of para-hydroxylation sites is 1. The Labute approximate surface area is 221 Å². The Hall–Kier alpha value is -4.20. The second-order valence-electron chi connectivity index (χ2n) is 9.86. The Morgan fingerprint density at radius 1 is 1.00 bits per heavy atom. The normalized spacial score (nSPS) is 14.4. The summed E-state index contributed by atoms with van der Waals surface area (Å²) >= 11 is 0. The summed E-state index contributed by atoms with van der Waals surface area (Å²) in [6, 6.07) is 16.8. The SMILES string of the molecule is CCOC(=O)C1CCN(c2ccc(-n3nc(-c4cccc5nn(C)cc45)c4cccc(CC)c43)cn2)CC1. The lowest BCUT2D eigenvalue weighted by atomic mass is 9.97. The summed E-state index contributed by atoms with van der Waals surface area (Å²) in [5, 5.41) is 12.0. The minimum Gasteiger partial charge on any atom is -0.466 e. The number of anilines is 1. The van der Waals surface area contributed by atoms with Crippen LogP contribution in [0, 0.1) is 5.92 Å². The van der Waals surface area contributed by atoms with Crippen LogP contribution in [0.4, 0.5) is 5.82 Å². The summed E-state index contributed by atoms with van der Waals surface area (Å²) in [5.74, 6) is 0.824. The molecular weight excluding hydrogens is 476 g/mol. The molecule has 0 spiro atoms. The molecule has 5 aromatic rings. The smallest absolute Gasteiger partial charge is 0.309 e. The van der Waals surface area contributed by atoms with Crippen LogP contribution in [-0.4, -0.2) is 50.2 Å². The van der Waals surface area contributed by atoms with E-state index in [2.05, 4.69) is 59.5 Å². The van der Waals surface area contributed by atoms with Crippen molar-refractivity contribution in [3.63, 3.8) is 0 Å². The minimum atomic E-state index is -0.0782. The average molecular weight is 509 g/mol. The lowest BCUT2D eigenvalue weighted by Gasteiger charge is -2.31. The molecule has 0 bridgehead atoms. The van der Waals surface area contributed by atoms with E-state index < -0.39 is 0 Å². The highest BCUT2D eigenvalue weighted by molar-refractivity contribution is 6.03. The standard InChI is InChI=1S/C30H32N6O2/c1-4-20-8-6-10-24-28(23-9-7-11-26-25(23)19-34(3)32-26)33-36(29(20)24)22-12-13-27(31-18-22)35-16-14-21(15-17-35)30(37)38-5-2/h6-13,18-19,21H,4-5,14-17H2,1-3H3. The van der Waals surface area contributed by atoms with Crippen LogP contribution in [0.15, 0.2) is 60.9 Å². The van der Waals surface area contributed by atoms with Gasteiger partial charge in [-0.25, -0.2) is 9.67 Å². The minimum absolute atomic E-state index is 0.0175. The van der Waals surface area contributed by atoms with Gasteiger partial charge in [-0.15, -0.1) is 0 Å². The lowest BCUT2D eigenvalue weighted by Crippen LogP contribution is -2.37. The largest absolute Gasteiger partial charge is 0.466 e. The van der Waals surface area contributed by atoms with Crippen molar-refractivity contribution >= 4 is 33.6 Å². The zero-order valence-electron chi connectivity index (χ0n) is 22.1. The number of esters is 1. The van der Waals surface area contributed by atoms with Crippen molar-refractivity contribution in [2.75, 3.05) is 24.6 Å². The van der Waals surface area contributed by atoms with E-state index in [1.807, 2.05) is 41.7 Å². The van der Waals surface area contributed by atoms with E-state index in [9.17, 15) is 4.79 Å². The van der Waals surface area contributed by atoms with Crippen molar-refractivity contribution in [2.45, 2.75) is 33.1 Å². The van der Waals surface area contributed by atoms with E-state index in [4.69, 9.17) is 14.8 Å². The van der Waals surface area contributed by atoms with Gasteiger partial charge in [0.25, 0.3) is 0 Å². The number of piperidine rings is 1. The molecule has 0 radical (unpaired) electrons. The highest BCUT2D eigenvalue weighted by Crippen LogP contribution is 2.35. The van der Waals surface area contributed by atoms with Crippen LogP contribution in [0.1, 0.15) is 32.3 Å². The van der Waals surface area contributed by atoms with E-state index in [0.717, 1.165) is 76.9 Å². The Kier molecular flexibility index (Phi) is 6.31. The van der Waals surface area contributed by atoms with E-state index in [1.54, 1.807) is 0 Å². The van der Waals surface area contributed by atoms with E-state index in [1.165, 1.54) is 5.56 Å². The van der Waals surface area contributed by atoms with Crippen LogP contribution in [0.2, 0.25) is 0 Å². The first-order valence-electron chi connectivity index (χ1n) is 13.4. The zero-order chi connectivity index (χ0) is 26.2. The highest BCUT2D eigenvalue weighted by atomic mass is 16.5. The molecule has 1 saturated heterocycles. The number of fused-ring (bicyclic) bond motifs is 2. The molecule has 6 rings (SSSR count). The fourth-order valence-electron chi connectivity index (χ4n) is 5.57. The van der Waals surface area contributed by atoms with Gasteiger partial charge in [-0.3, -0.25) is 9.48 Å². The van der Waals surface area contributed by atoms with Crippen LogP contribution in [0.25, 0.3) is 38.8 Å². The first kappa shape index (κ1) is 24.2. The lowest BCUT2D eigenvalue weighted by molar-refractivity contribution is -0.148. The number of carbonyl (C=O) groups excluding carboxylic acids is 1. The van der Waals surface area contributed by atoms with Gasteiger partial charge < -0.3 is 9.64 Å². The van der Waals surface area contributed by atoms with Gasteiger partial charge in [-0.2, -0.15) is 10.2 Å². The summed E-state index contributed by atoms with van der Waals surface area (Å²) < 4.78 is 9.09. The molecule has 1 aliphatic rings. The van der Waals surface area contributed by atoms with Gasteiger partial charge in [-0.05, 0) is 49.9 Å². The molecule has 2 aromatic carbocycles. The predicted molar refractivity (Wildman–Crippen MR) is 150 cm³/mol. The first-order valence-corrected chi connectivity index (χ1v) is 13.4. The molecule has 0 saturated carbocycles. The average Bonchev–Trinajstić information content (AvgIpc) is 3.53. The maximum Gasteiger partial charge on any atom is 0.309 e. The number of ether oxygens (including phenoxy) is 1. The third kappa shape index (κ3) is 4.20. The highest BCUT2D eigenvalue weighted by Gasteiger charge is 2.26. The Balaban J connectivity index is 1.36. The van der Waals surface area contributed by atoms with Crippen molar-refractivity contribution < 1.29 is 9.53 Å². The Morgan fingerprint density at radius 2 is 1.82 bits per heavy atom. The number of benzene rings is 2. The molecule has 1 fully saturated rings. The number of carbonyl (C=O) groups is 1. The molecule has 38 heavy (non-hydrogen) atoms.